The van der Waals surface area contributed by atoms with E-state index in [4.69, 9.17) is 9.47 Å². The lowest BCUT2D eigenvalue weighted by Crippen LogP contribution is -2.01. The first-order valence-electron chi connectivity index (χ1n) is 7.10. The molecule has 0 spiro atoms. The van der Waals surface area contributed by atoms with Gasteiger partial charge in [-0.2, -0.15) is 0 Å². The molecule has 3 aromatic rings. The van der Waals surface area contributed by atoms with Crippen molar-refractivity contribution in [3.05, 3.63) is 60.3 Å². The van der Waals surface area contributed by atoms with Gasteiger partial charge in [-0.25, -0.2) is 0 Å². The standard InChI is InChI=1S/C18H18N2O2/c1-21-14-9-13(10-15(11-14)22-2)12-20-18-7-3-6-17-16(18)5-4-8-19-17/h3-11,20H,12H2,1-2H3. The lowest BCUT2D eigenvalue weighted by atomic mass is 10.1. The Kier molecular flexibility index (Phi) is 4.10. The van der Waals surface area contributed by atoms with E-state index in [0.29, 0.717) is 6.54 Å². The molecule has 0 radical (unpaired) electrons. The third kappa shape index (κ3) is 2.96. The molecule has 0 aliphatic heterocycles. The quantitative estimate of drug-likeness (QED) is 0.776. The van der Waals surface area contributed by atoms with Gasteiger partial charge in [0.05, 0.1) is 19.7 Å². The van der Waals surface area contributed by atoms with Crippen LogP contribution in [-0.2, 0) is 6.54 Å². The number of anilines is 1. The molecule has 0 atom stereocenters. The second-order valence-electron chi connectivity index (χ2n) is 4.95. The van der Waals surface area contributed by atoms with Gasteiger partial charge in [-0.15, -0.1) is 0 Å². The minimum absolute atomic E-state index is 0.682. The Morgan fingerprint density at radius 2 is 1.73 bits per heavy atom. The number of nitrogens with one attached hydrogen (secondary N) is 1. The predicted molar refractivity (Wildman–Crippen MR) is 88.6 cm³/mol. The molecule has 1 N–H and O–H groups in total. The lowest BCUT2D eigenvalue weighted by molar-refractivity contribution is 0.393. The van der Waals surface area contributed by atoms with Crippen LogP contribution in [0.5, 0.6) is 11.5 Å². The molecule has 2 aromatic carbocycles. The van der Waals surface area contributed by atoms with Crippen LogP contribution in [0.2, 0.25) is 0 Å². The van der Waals surface area contributed by atoms with Crippen LogP contribution in [0, 0.1) is 0 Å². The molecule has 0 aliphatic carbocycles. The van der Waals surface area contributed by atoms with Crippen molar-refractivity contribution in [2.75, 3.05) is 19.5 Å². The summed E-state index contributed by atoms with van der Waals surface area (Å²) in [7, 11) is 3.31. The highest BCUT2D eigenvalue weighted by atomic mass is 16.5. The molecule has 0 amide bonds. The largest absolute Gasteiger partial charge is 0.497 e. The fraction of sp³-hybridized carbons (Fsp3) is 0.167. The highest BCUT2D eigenvalue weighted by molar-refractivity contribution is 5.91. The number of rotatable bonds is 5. The van der Waals surface area contributed by atoms with E-state index in [1.165, 1.54) is 0 Å². The Balaban J connectivity index is 1.85. The van der Waals surface area contributed by atoms with Crippen LogP contribution in [0.1, 0.15) is 5.56 Å². The molecule has 1 aromatic heterocycles. The Bertz CT molecular complexity index is 759. The third-order valence-electron chi connectivity index (χ3n) is 3.54. The van der Waals surface area contributed by atoms with Crippen LogP contribution in [0.25, 0.3) is 10.9 Å². The third-order valence-corrected chi connectivity index (χ3v) is 3.54. The van der Waals surface area contributed by atoms with Crippen LogP contribution in [-0.4, -0.2) is 19.2 Å². The molecule has 0 saturated heterocycles. The summed E-state index contributed by atoms with van der Waals surface area (Å²) in [5, 5.41) is 4.57. The summed E-state index contributed by atoms with van der Waals surface area (Å²) in [5.74, 6) is 1.58. The molecule has 0 unspecified atom stereocenters. The lowest BCUT2D eigenvalue weighted by Gasteiger charge is -2.12. The Morgan fingerprint density at radius 3 is 2.45 bits per heavy atom. The second kappa shape index (κ2) is 6.35. The summed E-state index contributed by atoms with van der Waals surface area (Å²) in [5.41, 5.74) is 3.14. The number of benzene rings is 2. The van der Waals surface area contributed by atoms with Gasteiger partial charge in [-0.05, 0) is 42.0 Å². The van der Waals surface area contributed by atoms with E-state index in [1.807, 2.05) is 36.4 Å². The normalized spacial score (nSPS) is 10.5. The van der Waals surface area contributed by atoms with Crippen LogP contribution in [0.3, 0.4) is 0 Å². The van der Waals surface area contributed by atoms with Gasteiger partial charge in [0.1, 0.15) is 11.5 Å². The number of hydrogen-bond acceptors (Lipinski definition) is 4. The highest BCUT2D eigenvalue weighted by Gasteiger charge is 2.04. The molecule has 0 aliphatic rings. The first-order valence-corrected chi connectivity index (χ1v) is 7.10. The molecular weight excluding hydrogens is 276 g/mol. The van der Waals surface area contributed by atoms with Gasteiger partial charge in [0.15, 0.2) is 0 Å². The molecular formula is C18H18N2O2. The number of fused-ring (bicyclic) bond motifs is 1. The predicted octanol–water partition coefficient (Wildman–Crippen LogP) is 3.86. The second-order valence-corrected chi connectivity index (χ2v) is 4.95. The zero-order valence-electron chi connectivity index (χ0n) is 12.7. The van der Waals surface area contributed by atoms with Gasteiger partial charge in [-0.1, -0.05) is 6.07 Å². The average molecular weight is 294 g/mol. The number of ether oxygens (including phenoxy) is 2. The maximum atomic E-state index is 5.30. The fourth-order valence-corrected chi connectivity index (χ4v) is 2.42. The molecule has 0 fully saturated rings. The zero-order chi connectivity index (χ0) is 15.4. The van der Waals surface area contributed by atoms with Gasteiger partial charge >= 0.3 is 0 Å². The molecule has 112 valence electrons. The van der Waals surface area contributed by atoms with Crippen molar-refractivity contribution >= 4 is 16.6 Å². The van der Waals surface area contributed by atoms with Crippen molar-refractivity contribution in [3.63, 3.8) is 0 Å². The van der Waals surface area contributed by atoms with Crippen LogP contribution >= 0.6 is 0 Å². The van der Waals surface area contributed by atoms with Gasteiger partial charge in [0.25, 0.3) is 0 Å². The number of hydrogen-bond donors (Lipinski definition) is 1. The number of aromatic nitrogens is 1. The summed E-state index contributed by atoms with van der Waals surface area (Å²) in [6.07, 6.45) is 1.80. The molecule has 0 bridgehead atoms. The van der Waals surface area contributed by atoms with Gasteiger partial charge in [0.2, 0.25) is 0 Å². The Morgan fingerprint density at radius 1 is 0.955 bits per heavy atom. The smallest absolute Gasteiger partial charge is 0.122 e. The topological polar surface area (TPSA) is 43.4 Å². The summed E-state index contributed by atoms with van der Waals surface area (Å²) in [4.78, 5) is 4.37. The minimum atomic E-state index is 0.682. The Labute approximate surface area is 129 Å². The maximum Gasteiger partial charge on any atom is 0.122 e. The van der Waals surface area contributed by atoms with Crippen molar-refractivity contribution in [1.82, 2.24) is 4.98 Å². The summed E-state index contributed by atoms with van der Waals surface area (Å²) in [6.45, 7) is 0.682. The molecule has 22 heavy (non-hydrogen) atoms. The van der Waals surface area contributed by atoms with E-state index >= 15 is 0 Å². The Hall–Kier alpha value is -2.75. The van der Waals surface area contributed by atoms with Crippen molar-refractivity contribution in [2.24, 2.45) is 0 Å². The van der Waals surface area contributed by atoms with E-state index in [2.05, 4.69) is 22.4 Å². The minimum Gasteiger partial charge on any atom is -0.497 e. The van der Waals surface area contributed by atoms with Crippen LogP contribution in [0.15, 0.2) is 54.7 Å². The number of methoxy groups -OCH3 is 2. The van der Waals surface area contributed by atoms with Crippen LogP contribution < -0.4 is 14.8 Å². The highest BCUT2D eigenvalue weighted by Crippen LogP contribution is 2.25. The van der Waals surface area contributed by atoms with Crippen molar-refractivity contribution in [2.45, 2.75) is 6.54 Å². The van der Waals surface area contributed by atoms with Crippen molar-refractivity contribution in [3.8, 4) is 11.5 Å². The summed E-state index contributed by atoms with van der Waals surface area (Å²) < 4.78 is 10.6. The first kappa shape index (κ1) is 14.2. The number of nitrogens with zero attached hydrogens (tertiary/aromatic N) is 1. The molecule has 1 heterocycles. The van der Waals surface area contributed by atoms with Crippen LogP contribution in [0.4, 0.5) is 5.69 Å². The fourth-order valence-electron chi connectivity index (χ4n) is 2.42. The average Bonchev–Trinajstić information content (AvgIpc) is 2.59. The summed E-state index contributed by atoms with van der Waals surface area (Å²) in [6, 6.07) is 15.9. The zero-order valence-corrected chi connectivity index (χ0v) is 12.7. The van der Waals surface area contributed by atoms with E-state index in [0.717, 1.165) is 33.7 Å². The molecule has 0 saturated carbocycles. The van der Waals surface area contributed by atoms with Crippen molar-refractivity contribution in [1.29, 1.82) is 0 Å². The van der Waals surface area contributed by atoms with E-state index in [9.17, 15) is 0 Å². The maximum absolute atomic E-state index is 5.30. The van der Waals surface area contributed by atoms with Gasteiger partial charge < -0.3 is 14.8 Å². The SMILES string of the molecule is COc1cc(CNc2cccc3ncccc23)cc(OC)c1. The first-order chi connectivity index (χ1) is 10.8. The molecule has 3 rings (SSSR count). The van der Waals surface area contributed by atoms with E-state index in [1.54, 1.807) is 20.4 Å². The summed E-state index contributed by atoms with van der Waals surface area (Å²) >= 11 is 0. The molecule has 4 nitrogen and oxygen atoms in total. The number of pyridine rings is 1. The monoisotopic (exact) mass is 294 g/mol. The van der Waals surface area contributed by atoms with E-state index < -0.39 is 0 Å². The van der Waals surface area contributed by atoms with Crippen molar-refractivity contribution < 1.29 is 9.47 Å². The van der Waals surface area contributed by atoms with E-state index in [-0.39, 0.29) is 0 Å². The van der Waals surface area contributed by atoms with Gasteiger partial charge in [0, 0.05) is 29.9 Å². The molecule has 4 heteroatoms. The van der Waals surface area contributed by atoms with Gasteiger partial charge in [-0.3, -0.25) is 4.98 Å².